The molecular weight excluding hydrogens is 232 g/mol. The number of carboxylic acids is 1. The molecule has 0 spiro atoms. The number of aromatic nitrogens is 2. The second-order valence-electron chi connectivity index (χ2n) is 6.16. The SMILES string of the molecule is CC1(C)C(c2nnc(CCCC(=O)O)o2)C1(C)C. The van der Waals surface area contributed by atoms with E-state index >= 15 is 0 Å². The summed E-state index contributed by atoms with van der Waals surface area (Å²) in [7, 11) is 0. The van der Waals surface area contributed by atoms with Crippen molar-refractivity contribution in [2.24, 2.45) is 10.8 Å². The largest absolute Gasteiger partial charge is 0.481 e. The summed E-state index contributed by atoms with van der Waals surface area (Å²) in [6.45, 7) is 8.80. The summed E-state index contributed by atoms with van der Waals surface area (Å²) < 4.78 is 5.65. The van der Waals surface area contributed by atoms with Crippen LogP contribution in [-0.2, 0) is 11.2 Å². The third kappa shape index (κ3) is 2.02. The molecular formula is C13H20N2O3. The fourth-order valence-corrected chi connectivity index (χ4v) is 2.69. The van der Waals surface area contributed by atoms with Gasteiger partial charge >= 0.3 is 5.97 Å². The van der Waals surface area contributed by atoms with Gasteiger partial charge in [0, 0.05) is 18.8 Å². The topological polar surface area (TPSA) is 76.2 Å². The first-order valence-electron chi connectivity index (χ1n) is 6.31. The van der Waals surface area contributed by atoms with Gasteiger partial charge in [-0.25, -0.2) is 0 Å². The highest BCUT2D eigenvalue weighted by atomic mass is 16.4. The number of hydrogen-bond acceptors (Lipinski definition) is 4. The Balaban J connectivity index is 1.98. The molecule has 1 aromatic heterocycles. The molecule has 0 saturated heterocycles. The van der Waals surface area contributed by atoms with Crippen LogP contribution < -0.4 is 0 Å². The monoisotopic (exact) mass is 252 g/mol. The third-order valence-corrected chi connectivity index (χ3v) is 4.53. The van der Waals surface area contributed by atoms with Crippen molar-refractivity contribution in [2.45, 2.75) is 52.9 Å². The van der Waals surface area contributed by atoms with Gasteiger partial charge in [0.2, 0.25) is 11.8 Å². The van der Waals surface area contributed by atoms with Crippen LogP contribution in [-0.4, -0.2) is 21.3 Å². The average Bonchev–Trinajstić information content (AvgIpc) is 2.60. The van der Waals surface area contributed by atoms with E-state index in [1.54, 1.807) is 0 Å². The maximum absolute atomic E-state index is 10.4. The summed E-state index contributed by atoms with van der Waals surface area (Å²) in [4.78, 5) is 10.4. The zero-order valence-corrected chi connectivity index (χ0v) is 11.4. The Labute approximate surface area is 107 Å². The minimum atomic E-state index is -0.792. The summed E-state index contributed by atoms with van der Waals surface area (Å²) >= 11 is 0. The van der Waals surface area contributed by atoms with Crippen molar-refractivity contribution >= 4 is 5.97 Å². The van der Waals surface area contributed by atoms with Gasteiger partial charge < -0.3 is 9.52 Å². The lowest BCUT2D eigenvalue weighted by Crippen LogP contribution is -1.95. The van der Waals surface area contributed by atoms with Crippen LogP contribution in [0.2, 0.25) is 0 Å². The van der Waals surface area contributed by atoms with Crippen LogP contribution in [0.1, 0.15) is 58.2 Å². The van der Waals surface area contributed by atoms with E-state index in [1.807, 2.05) is 0 Å². The van der Waals surface area contributed by atoms with Crippen LogP contribution in [0.15, 0.2) is 4.42 Å². The van der Waals surface area contributed by atoms with Crippen molar-refractivity contribution in [1.82, 2.24) is 10.2 Å². The van der Waals surface area contributed by atoms with Crippen LogP contribution in [0.4, 0.5) is 0 Å². The highest BCUT2D eigenvalue weighted by Crippen LogP contribution is 2.73. The van der Waals surface area contributed by atoms with E-state index in [9.17, 15) is 4.79 Å². The van der Waals surface area contributed by atoms with Crippen molar-refractivity contribution in [3.05, 3.63) is 11.8 Å². The van der Waals surface area contributed by atoms with E-state index in [0.29, 0.717) is 30.5 Å². The van der Waals surface area contributed by atoms with Crippen LogP contribution in [0, 0.1) is 10.8 Å². The molecule has 0 atom stereocenters. The van der Waals surface area contributed by atoms with Crippen molar-refractivity contribution in [1.29, 1.82) is 0 Å². The van der Waals surface area contributed by atoms with Gasteiger partial charge in [-0.05, 0) is 17.3 Å². The lowest BCUT2D eigenvalue weighted by Gasteiger charge is -2.03. The van der Waals surface area contributed by atoms with Crippen LogP contribution >= 0.6 is 0 Å². The molecule has 1 aromatic rings. The summed E-state index contributed by atoms with van der Waals surface area (Å²) in [6.07, 6.45) is 1.21. The number of rotatable bonds is 5. The van der Waals surface area contributed by atoms with Gasteiger partial charge in [-0.2, -0.15) is 0 Å². The number of nitrogens with zero attached hydrogens (tertiary/aromatic N) is 2. The molecule has 5 nitrogen and oxygen atoms in total. The Morgan fingerprint density at radius 3 is 2.39 bits per heavy atom. The molecule has 0 aliphatic heterocycles. The molecule has 100 valence electrons. The van der Waals surface area contributed by atoms with E-state index in [0.717, 1.165) is 0 Å². The fraction of sp³-hybridized carbons (Fsp3) is 0.769. The number of carbonyl (C=O) groups is 1. The Morgan fingerprint density at radius 1 is 1.28 bits per heavy atom. The molecule has 0 bridgehead atoms. The molecule has 1 fully saturated rings. The normalized spacial score (nSPS) is 20.9. The van der Waals surface area contributed by atoms with Gasteiger partial charge in [0.15, 0.2) is 0 Å². The molecule has 2 rings (SSSR count). The Hall–Kier alpha value is -1.39. The summed E-state index contributed by atoms with van der Waals surface area (Å²) in [5.41, 5.74) is 0.357. The second kappa shape index (κ2) is 4.07. The summed E-state index contributed by atoms with van der Waals surface area (Å²) in [6, 6.07) is 0. The molecule has 1 heterocycles. The third-order valence-electron chi connectivity index (χ3n) is 4.53. The Kier molecular flexibility index (Phi) is 2.95. The summed E-state index contributed by atoms with van der Waals surface area (Å²) in [5, 5.41) is 16.7. The van der Waals surface area contributed by atoms with Gasteiger partial charge in [0.05, 0.1) is 0 Å². The van der Waals surface area contributed by atoms with Crippen molar-refractivity contribution in [2.75, 3.05) is 0 Å². The first-order valence-corrected chi connectivity index (χ1v) is 6.31. The fourth-order valence-electron chi connectivity index (χ4n) is 2.69. The first kappa shape index (κ1) is 13.1. The minimum absolute atomic E-state index is 0.137. The molecule has 0 unspecified atom stereocenters. The van der Waals surface area contributed by atoms with Gasteiger partial charge in [-0.1, -0.05) is 27.7 Å². The maximum atomic E-state index is 10.4. The molecule has 0 aromatic carbocycles. The highest BCUT2D eigenvalue weighted by Gasteiger charge is 2.67. The van der Waals surface area contributed by atoms with E-state index in [4.69, 9.17) is 9.52 Å². The predicted octanol–water partition coefficient (Wildman–Crippen LogP) is 2.63. The van der Waals surface area contributed by atoms with E-state index < -0.39 is 5.97 Å². The number of aliphatic carboxylic acids is 1. The molecule has 1 aliphatic rings. The van der Waals surface area contributed by atoms with Crippen molar-refractivity contribution in [3.8, 4) is 0 Å². The second-order valence-corrected chi connectivity index (χ2v) is 6.16. The number of aryl methyl sites for hydroxylation is 1. The van der Waals surface area contributed by atoms with Gasteiger partial charge in [-0.3, -0.25) is 4.79 Å². The average molecular weight is 252 g/mol. The lowest BCUT2D eigenvalue weighted by atomic mass is 10.0. The molecule has 1 N–H and O–H groups in total. The standard InChI is InChI=1S/C13H20N2O3/c1-12(2)10(13(12,3)4)11-15-14-8(18-11)6-5-7-9(16)17/h10H,5-7H2,1-4H3,(H,16,17). The molecule has 0 amide bonds. The predicted molar refractivity (Wildman–Crippen MR) is 65.2 cm³/mol. The van der Waals surface area contributed by atoms with Gasteiger partial charge in [0.25, 0.3) is 0 Å². The Bertz CT molecular complexity index is 449. The smallest absolute Gasteiger partial charge is 0.303 e. The minimum Gasteiger partial charge on any atom is -0.481 e. The lowest BCUT2D eigenvalue weighted by molar-refractivity contribution is -0.137. The van der Waals surface area contributed by atoms with Crippen molar-refractivity contribution < 1.29 is 14.3 Å². The Morgan fingerprint density at radius 2 is 1.89 bits per heavy atom. The molecule has 0 radical (unpaired) electrons. The van der Waals surface area contributed by atoms with Gasteiger partial charge in [-0.15, -0.1) is 10.2 Å². The van der Waals surface area contributed by atoms with Crippen LogP contribution in [0.5, 0.6) is 0 Å². The van der Waals surface area contributed by atoms with E-state index in [1.165, 1.54) is 0 Å². The quantitative estimate of drug-likeness (QED) is 0.871. The number of carboxylic acid groups (broad SMARTS) is 1. The van der Waals surface area contributed by atoms with Crippen LogP contribution in [0.3, 0.4) is 0 Å². The first-order chi connectivity index (χ1) is 8.26. The molecule has 18 heavy (non-hydrogen) atoms. The van der Waals surface area contributed by atoms with Crippen LogP contribution in [0.25, 0.3) is 0 Å². The zero-order chi connectivity index (χ0) is 13.6. The molecule has 1 saturated carbocycles. The molecule has 5 heteroatoms. The summed E-state index contributed by atoms with van der Waals surface area (Å²) in [5.74, 6) is 0.741. The molecule has 1 aliphatic carbocycles. The van der Waals surface area contributed by atoms with Gasteiger partial charge in [0.1, 0.15) is 0 Å². The zero-order valence-electron chi connectivity index (χ0n) is 11.4. The van der Waals surface area contributed by atoms with E-state index in [-0.39, 0.29) is 17.3 Å². The van der Waals surface area contributed by atoms with Crippen molar-refractivity contribution in [3.63, 3.8) is 0 Å². The maximum Gasteiger partial charge on any atom is 0.303 e. The van der Waals surface area contributed by atoms with E-state index in [2.05, 4.69) is 37.9 Å². The number of hydrogen-bond donors (Lipinski definition) is 1. The highest BCUT2D eigenvalue weighted by molar-refractivity contribution is 5.66.